The highest BCUT2D eigenvalue weighted by Crippen LogP contribution is 2.40. The molecule has 6 heteroatoms. The summed E-state index contributed by atoms with van der Waals surface area (Å²) < 4.78 is 16.9. The Hall–Kier alpha value is -0.850. The van der Waals surface area contributed by atoms with Crippen molar-refractivity contribution in [3.63, 3.8) is 0 Å². The molecule has 0 saturated carbocycles. The van der Waals surface area contributed by atoms with E-state index < -0.39 is 5.60 Å². The van der Waals surface area contributed by atoms with E-state index in [2.05, 4.69) is 4.90 Å². The molecular formula is C16H28N2O4. The van der Waals surface area contributed by atoms with Gasteiger partial charge in [0.15, 0.2) is 0 Å². The van der Waals surface area contributed by atoms with Crippen molar-refractivity contribution in [3.8, 4) is 0 Å². The van der Waals surface area contributed by atoms with E-state index in [-0.39, 0.29) is 11.7 Å². The molecule has 1 atom stereocenters. The van der Waals surface area contributed by atoms with Gasteiger partial charge in [0, 0.05) is 26.2 Å². The number of nitrogens with zero attached hydrogens (tertiary/aromatic N) is 2. The molecule has 0 radical (unpaired) electrons. The van der Waals surface area contributed by atoms with Crippen molar-refractivity contribution in [1.29, 1.82) is 0 Å². The van der Waals surface area contributed by atoms with Crippen molar-refractivity contribution in [2.45, 2.75) is 50.9 Å². The molecule has 126 valence electrons. The lowest BCUT2D eigenvalue weighted by molar-refractivity contribution is -0.238. The number of piperidine rings is 1. The molecule has 3 heterocycles. The van der Waals surface area contributed by atoms with Crippen LogP contribution >= 0.6 is 0 Å². The summed E-state index contributed by atoms with van der Waals surface area (Å²) in [6.07, 6.45) is 1.59. The summed E-state index contributed by atoms with van der Waals surface area (Å²) in [5.41, 5.74) is -0.495. The quantitative estimate of drug-likeness (QED) is 0.734. The minimum atomic E-state index is -0.435. The summed E-state index contributed by atoms with van der Waals surface area (Å²) >= 11 is 0. The van der Waals surface area contributed by atoms with Gasteiger partial charge in [0.2, 0.25) is 0 Å². The summed E-state index contributed by atoms with van der Waals surface area (Å²) in [7, 11) is 0. The van der Waals surface area contributed by atoms with Crippen LogP contribution in [-0.2, 0) is 14.2 Å². The van der Waals surface area contributed by atoms with E-state index in [4.69, 9.17) is 14.2 Å². The highest BCUT2D eigenvalue weighted by atomic mass is 16.6. The Balaban J connectivity index is 1.53. The van der Waals surface area contributed by atoms with E-state index in [1.807, 2.05) is 25.7 Å². The van der Waals surface area contributed by atoms with Crippen LogP contribution < -0.4 is 0 Å². The molecule has 0 N–H and O–H groups in total. The fourth-order valence-electron chi connectivity index (χ4n) is 3.59. The van der Waals surface area contributed by atoms with Crippen LogP contribution in [0, 0.1) is 0 Å². The van der Waals surface area contributed by atoms with Crippen molar-refractivity contribution in [1.82, 2.24) is 9.80 Å². The number of likely N-dealkylation sites (tertiary alicyclic amines) is 1. The SMILES string of the molecule is CC(C)(C)OC(=O)N1CCC2(CC1)OCC2N1CCOCC1. The molecule has 1 unspecified atom stereocenters. The van der Waals surface area contributed by atoms with Gasteiger partial charge in [-0.3, -0.25) is 4.90 Å². The molecule has 0 aromatic heterocycles. The van der Waals surface area contributed by atoms with E-state index in [9.17, 15) is 4.79 Å². The molecule has 3 saturated heterocycles. The van der Waals surface area contributed by atoms with Crippen molar-refractivity contribution in [3.05, 3.63) is 0 Å². The Kier molecular flexibility index (Phi) is 4.36. The molecule has 0 aromatic rings. The summed E-state index contributed by atoms with van der Waals surface area (Å²) in [6, 6.07) is 0.484. The number of morpholine rings is 1. The third-order valence-electron chi connectivity index (χ3n) is 4.88. The number of hydrogen-bond acceptors (Lipinski definition) is 5. The van der Waals surface area contributed by atoms with Crippen LogP contribution in [0.4, 0.5) is 4.79 Å². The number of hydrogen-bond donors (Lipinski definition) is 0. The molecule has 3 aliphatic heterocycles. The maximum Gasteiger partial charge on any atom is 0.410 e. The first-order chi connectivity index (χ1) is 10.4. The molecule has 0 aromatic carbocycles. The van der Waals surface area contributed by atoms with Crippen LogP contribution in [0.25, 0.3) is 0 Å². The number of carbonyl (C=O) groups excluding carboxylic acids is 1. The number of rotatable bonds is 1. The zero-order valence-corrected chi connectivity index (χ0v) is 14.0. The monoisotopic (exact) mass is 312 g/mol. The van der Waals surface area contributed by atoms with E-state index >= 15 is 0 Å². The number of ether oxygens (including phenoxy) is 3. The van der Waals surface area contributed by atoms with Gasteiger partial charge in [0.25, 0.3) is 0 Å². The first-order valence-electron chi connectivity index (χ1n) is 8.33. The molecular weight excluding hydrogens is 284 g/mol. The van der Waals surface area contributed by atoms with Gasteiger partial charge in [-0.05, 0) is 33.6 Å². The minimum absolute atomic E-state index is 0.0597. The van der Waals surface area contributed by atoms with Gasteiger partial charge in [-0.1, -0.05) is 0 Å². The molecule has 0 bridgehead atoms. The first-order valence-corrected chi connectivity index (χ1v) is 8.33. The normalized spacial score (nSPS) is 29.2. The highest BCUT2D eigenvalue weighted by Gasteiger charge is 2.53. The minimum Gasteiger partial charge on any atom is -0.444 e. The predicted molar refractivity (Wildman–Crippen MR) is 81.9 cm³/mol. The van der Waals surface area contributed by atoms with E-state index in [1.54, 1.807) is 0 Å². The molecule has 1 spiro atoms. The van der Waals surface area contributed by atoms with Crippen molar-refractivity contribution in [2.24, 2.45) is 0 Å². The summed E-state index contributed by atoms with van der Waals surface area (Å²) in [5.74, 6) is 0. The summed E-state index contributed by atoms with van der Waals surface area (Å²) in [5, 5.41) is 0. The maximum atomic E-state index is 12.2. The lowest BCUT2D eigenvalue weighted by Crippen LogP contribution is -2.69. The predicted octanol–water partition coefficient (Wildman–Crippen LogP) is 1.49. The van der Waals surface area contributed by atoms with Gasteiger partial charge in [-0.25, -0.2) is 4.79 Å². The van der Waals surface area contributed by atoms with Crippen molar-refractivity contribution < 1.29 is 19.0 Å². The topological polar surface area (TPSA) is 51.2 Å². The van der Waals surface area contributed by atoms with Gasteiger partial charge in [-0.2, -0.15) is 0 Å². The largest absolute Gasteiger partial charge is 0.444 e. The number of carbonyl (C=O) groups is 1. The molecule has 6 nitrogen and oxygen atoms in total. The fourth-order valence-corrected chi connectivity index (χ4v) is 3.59. The molecule has 3 rings (SSSR count). The third-order valence-corrected chi connectivity index (χ3v) is 4.88. The van der Waals surface area contributed by atoms with Crippen LogP contribution in [0.5, 0.6) is 0 Å². The molecule has 3 aliphatic rings. The van der Waals surface area contributed by atoms with E-state index in [0.29, 0.717) is 6.04 Å². The highest BCUT2D eigenvalue weighted by molar-refractivity contribution is 5.68. The van der Waals surface area contributed by atoms with Crippen molar-refractivity contribution >= 4 is 6.09 Å². The Labute approximate surface area is 132 Å². The Morgan fingerprint density at radius 3 is 2.27 bits per heavy atom. The Bertz CT molecular complexity index is 407. The fraction of sp³-hybridized carbons (Fsp3) is 0.938. The third kappa shape index (κ3) is 3.24. The molecule has 0 aliphatic carbocycles. The zero-order chi connectivity index (χ0) is 15.8. The first kappa shape index (κ1) is 16.0. The second-order valence-electron chi connectivity index (χ2n) is 7.51. The second-order valence-corrected chi connectivity index (χ2v) is 7.51. The summed E-state index contributed by atoms with van der Waals surface area (Å²) in [4.78, 5) is 16.5. The second kappa shape index (κ2) is 5.98. The Morgan fingerprint density at radius 2 is 1.77 bits per heavy atom. The standard InChI is InChI=1S/C16H28N2O4/c1-15(2,3)22-14(19)18-6-4-16(5-7-18)13(12-21-16)17-8-10-20-11-9-17/h13H,4-12H2,1-3H3. The van der Waals surface area contributed by atoms with Crippen LogP contribution in [-0.4, -0.2) is 79.1 Å². The average molecular weight is 312 g/mol. The van der Waals surface area contributed by atoms with Crippen LogP contribution in [0.3, 0.4) is 0 Å². The van der Waals surface area contributed by atoms with Gasteiger partial charge in [-0.15, -0.1) is 0 Å². The van der Waals surface area contributed by atoms with Gasteiger partial charge >= 0.3 is 6.09 Å². The van der Waals surface area contributed by atoms with Gasteiger partial charge in [0.1, 0.15) is 5.60 Å². The summed E-state index contributed by atoms with van der Waals surface area (Å²) in [6.45, 7) is 11.6. The molecule has 1 amide bonds. The molecule has 3 fully saturated rings. The lowest BCUT2D eigenvalue weighted by atomic mass is 9.79. The van der Waals surface area contributed by atoms with Crippen LogP contribution in [0.1, 0.15) is 33.6 Å². The van der Waals surface area contributed by atoms with Crippen LogP contribution in [0.15, 0.2) is 0 Å². The zero-order valence-electron chi connectivity index (χ0n) is 14.0. The average Bonchev–Trinajstić information content (AvgIpc) is 2.45. The maximum absolute atomic E-state index is 12.2. The van der Waals surface area contributed by atoms with Crippen molar-refractivity contribution in [2.75, 3.05) is 46.0 Å². The van der Waals surface area contributed by atoms with Crippen LogP contribution in [0.2, 0.25) is 0 Å². The number of amides is 1. The van der Waals surface area contributed by atoms with Gasteiger partial charge in [0.05, 0.1) is 31.5 Å². The van der Waals surface area contributed by atoms with Gasteiger partial charge < -0.3 is 19.1 Å². The lowest BCUT2D eigenvalue weighted by Gasteiger charge is -2.57. The van der Waals surface area contributed by atoms with E-state index in [1.165, 1.54) is 0 Å². The smallest absolute Gasteiger partial charge is 0.410 e. The molecule has 22 heavy (non-hydrogen) atoms. The Morgan fingerprint density at radius 1 is 1.14 bits per heavy atom. The van der Waals surface area contributed by atoms with E-state index in [0.717, 1.165) is 58.8 Å².